The van der Waals surface area contributed by atoms with E-state index in [0.29, 0.717) is 19.1 Å². The second-order valence-electron chi connectivity index (χ2n) is 6.78. The molecule has 3 aromatic rings. The standard InChI is InChI=1S/C25H21NO4/c1-18-6-5-9-22(16-18)29-15-14-28-21-12-10-19(11-13-21)17-23-25(27)30-24(26-23)20-7-3-2-4-8-20/h2-13,16-17H,14-15H2,1H3/b23-17+. The number of cyclic esters (lactones) is 1. The highest BCUT2D eigenvalue weighted by Gasteiger charge is 2.23. The Labute approximate surface area is 175 Å². The Morgan fingerprint density at radius 1 is 0.867 bits per heavy atom. The fourth-order valence-corrected chi connectivity index (χ4v) is 2.96. The lowest BCUT2D eigenvalue weighted by Gasteiger charge is -2.09. The molecule has 0 spiro atoms. The van der Waals surface area contributed by atoms with Crippen LogP contribution in [0.25, 0.3) is 6.08 Å². The molecular formula is C25H21NO4. The number of aryl methyl sites for hydroxylation is 1. The first-order valence-electron chi connectivity index (χ1n) is 9.68. The molecule has 0 radical (unpaired) electrons. The average molecular weight is 399 g/mol. The van der Waals surface area contributed by atoms with Gasteiger partial charge in [-0.25, -0.2) is 9.79 Å². The monoisotopic (exact) mass is 399 g/mol. The number of ether oxygens (including phenoxy) is 3. The summed E-state index contributed by atoms with van der Waals surface area (Å²) in [5.41, 5.74) is 3.04. The molecule has 0 unspecified atom stereocenters. The molecule has 1 aliphatic heterocycles. The Bertz CT molecular complexity index is 1090. The van der Waals surface area contributed by atoms with Crippen molar-refractivity contribution in [1.29, 1.82) is 0 Å². The Morgan fingerprint density at radius 3 is 2.33 bits per heavy atom. The van der Waals surface area contributed by atoms with Gasteiger partial charge in [-0.15, -0.1) is 0 Å². The van der Waals surface area contributed by atoms with Gasteiger partial charge in [0, 0.05) is 5.56 Å². The van der Waals surface area contributed by atoms with Crippen molar-refractivity contribution in [2.75, 3.05) is 13.2 Å². The van der Waals surface area contributed by atoms with Crippen molar-refractivity contribution in [2.24, 2.45) is 4.99 Å². The van der Waals surface area contributed by atoms with Crippen LogP contribution in [0.1, 0.15) is 16.7 Å². The topological polar surface area (TPSA) is 57.1 Å². The maximum atomic E-state index is 12.1. The zero-order valence-corrected chi connectivity index (χ0v) is 16.6. The first kappa shape index (κ1) is 19.5. The number of carbonyl (C=O) groups excluding carboxylic acids is 1. The van der Waals surface area contributed by atoms with E-state index in [1.807, 2.05) is 85.8 Å². The molecule has 0 aromatic heterocycles. The minimum absolute atomic E-state index is 0.272. The minimum atomic E-state index is -0.456. The third kappa shape index (κ3) is 4.94. The van der Waals surface area contributed by atoms with E-state index in [-0.39, 0.29) is 5.70 Å². The Morgan fingerprint density at radius 2 is 1.60 bits per heavy atom. The van der Waals surface area contributed by atoms with E-state index in [2.05, 4.69) is 4.99 Å². The first-order chi connectivity index (χ1) is 14.7. The number of aliphatic imine (C=N–C) groups is 1. The SMILES string of the molecule is Cc1cccc(OCCOc2ccc(/C=C3/N=C(c4ccccc4)OC3=O)cc2)c1. The highest BCUT2D eigenvalue weighted by Crippen LogP contribution is 2.20. The maximum Gasteiger partial charge on any atom is 0.363 e. The van der Waals surface area contributed by atoms with Gasteiger partial charge in [-0.3, -0.25) is 0 Å². The van der Waals surface area contributed by atoms with E-state index in [9.17, 15) is 4.79 Å². The van der Waals surface area contributed by atoms with E-state index in [1.165, 1.54) is 0 Å². The molecule has 150 valence electrons. The Kier molecular flexibility index (Phi) is 5.90. The number of benzene rings is 3. The van der Waals surface area contributed by atoms with E-state index in [1.54, 1.807) is 6.08 Å². The van der Waals surface area contributed by atoms with Crippen molar-refractivity contribution in [2.45, 2.75) is 6.92 Å². The Balaban J connectivity index is 1.33. The van der Waals surface area contributed by atoms with E-state index in [4.69, 9.17) is 14.2 Å². The normalized spacial score (nSPS) is 14.4. The quantitative estimate of drug-likeness (QED) is 0.325. The van der Waals surface area contributed by atoms with Crippen LogP contribution in [0.5, 0.6) is 11.5 Å². The molecule has 0 saturated heterocycles. The van der Waals surface area contributed by atoms with Crippen LogP contribution >= 0.6 is 0 Å². The molecule has 5 nitrogen and oxygen atoms in total. The predicted molar refractivity (Wildman–Crippen MR) is 116 cm³/mol. The number of nitrogens with zero attached hydrogens (tertiary/aromatic N) is 1. The van der Waals surface area contributed by atoms with Crippen LogP contribution in [-0.4, -0.2) is 25.1 Å². The van der Waals surface area contributed by atoms with Gasteiger partial charge in [0.15, 0.2) is 5.70 Å². The summed E-state index contributed by atoms with van der Waals surface area (Å²) in [5, 5.41) is 0. The molecule has 3 aromatic carbocycles. The van der Waals surface area contributed by atoms with E-state index in [0.717, 1.165) is 28.2 Å². The zero-order chi connectivity index (χ0) is 20.8. The number of hydrogen-bond acceptors (Lipinski definition) is 5. The third-order valence-corrected chi connectivity index (χ3v) is 4.44. The summed E-state index contributed by atoms with van der Waals surface area (Å²) in [6, 6.07) is 24.7. The van der Waals surface area contributed by atoms with Gasteiger partial charge in [-0.1, -0.05) is 42.5 Å². The molecule has 30 heavy (non-hydrogen) atoms. The summed E-state index contributed by atoms with van der Waals surface area (Å²) in [7, 11) is 0. The molecule has 1 aliphatic rings. The first-order valence-corrected chi connectivity index (χ1v) is 9.68. The number of hydrogen-bond donors (Lipinski definition) is 0. The van der Waals surface area contributed by atoms with Crippen LogP contribution in [0.15, 0.2) is 89.6 Å². The van der Waals surface area contributed by atoms with Gasteiger partial charge in [0.05, 0.1) is 0 Å². The summed E-state index contributed by atoms with van der Waals surface area (Å²) in [6.45, 7) is 2.92. The second-order valence-corrected chi connectivity index (χ2v) is 6.78. The van der Waals surface area contributed by atoms with Crippen molar-refractivity contribution in [3.63, 3.8) is 0 Å². The van der Waals surface area contributed by atoms with Gasteiger partial charge in [0.25, 0.3) is 0 Å². The summed E-state index contributed by atoms with van der Waals surface area (Å²) in [6.07, 6.45) is 1.70. The van der Waals surface area contributed by atoms with Crippen molar-refractivity contribution in [3.05, 3.63) is 101 Å². The largest absolute Gasteiger partial charge is 0.490 e. The molecular weight excluding hydrogens is 378 g/mol. The smallest absolute Gasteiger partial charge is 0.363 e. The zero-order valence-electron chi connectivity index (χ0n) is 16.6. The van der Waals surface area contributed by atoms with Crippen molar-refractivity contribution in [1.82, 2.24) is 0 Å². The fourth-order valence-electron chi connectivity index (χ4n) is 2.96. The molecule has 0 fully saturated rings. The molecule has 4 rings (SSSR count). The van der Waals surface area contributed by atoms with Gasteiger partial charge in [0.1, 0.15) is 24.7 Å². The summed E-state index contributed by atoms with van der Waals surface area (Å²) in [5.74, 6) is 1.43. The lowest BCUT2D eigenvalue weighted by Crippen LogP contribution is -2.09. The summed E-state index contributed by atoms with van der Waals surface area (Å²) >= 11 is 0. The van der Waals surface area contributed by atoms with Gasteiger partial charge in [-0.2, -0.15) is 0 Å². The second kappa shape index (κ2) is 9.09. The fraction of sp³-hybridized carbons (Fsp3) is 0.120. The van der Waals surface area contributed by atoms with Crippen LogP contribution in [0.4, 0.5) is 0 Å². The molecule has 0 aliphatic carbocycles. The predicted octanol–water partition coefficient (Wildman–Crippen LogP) is 4.80. The van der Waals surface area contributed by atoms with E-state index < -0.39 is 5.97 Å². The van der Waals surface area contributed by atoms with Crippen LogP contribution in [0.3, 0.4) is 0 Å². The van der Waals surface area contributed by atoms with E-state index >= 15 is 0 Å². The number of esters is 1. The van der Waals surface area contributed by atoms with Gasteiger partial charge in [-0.05, 0) is 60.5 Å². The lowest BCUT2D eigenvalue weighted by atomic mass is 10.2. The van der Waals surface area contributed by atoms with Crippen LogP contribution in [0.2, 0.25) is 0 Å². The van der Waals surface area contributed by atoms with Crippen LogP contribution < -0.4 is 9.47 Å². The minimum Gasteiger partial charge on any atom is -0.490 e. The maximum absolute atomic E-state index is 12.1. The summed E-state index contributed by atoms with van der Waals surface area (Å²) < 4.78 is 16.7. The van der Waals surface area contributed by atoms with Gasteiger partial charge < -0.3 is 14.2 Å². The average Bonchev–Trinajstić information content (AvgIpc) is 3.13. The highest BCUT2D eigenvalue weighted by atomic mass is 16.6. The molecule has 0 saturated carbocycles. The van der Waals surface area contributed by atoms with Crippen LogP contribution in [0, 0.1) is 6.92 Å². The van der Waals surface area contributed by atoms with Crippen molar-refractivity contribution < 1.29 is 19.0 Å². The van der Waals surface area contributed by atoms with Crippen molar-refractivity contribution in [3.8, 4) is 11.5 Å². The molecule has 0 amide bonds. The van der Waals surface area contributed by atoms with Crippen LogP contribution in [-0.2, 0) is 9.53 Å². The molecule has 5 heteroatoms. The molecule has 1 heterocycles. The highest BCUT2D eigenvalue weighted by molar-refractivity contribution is 6.12. The van der Waals surface area contributed by atoms with Gasteiger partial charge >= 0.3 is 5.97 Å². The number of rotatable bonds is 7. The summed E-state index contributed by atoms with van der Waals surface area (Å²) in [4.78, 5) is 16.4. The molecule has 0 bridgehead atoms. The third-order valence-electron chi connectivity index (χ3n) is 4.44. The lowest BCUT2D eigenvalue weighted by molar-refractivity contribution is -0.129. The molecule has 0 atom stereocenters. The van der Waals surface area contributed by atoms with Crippen molar-refractivity contribution >= 4 is 17.9 Å². The van der Waals surface area contributed by atoms with Gasteiger partial charge in [0.2, 0.25) is 5.90 Å². The number of carbonyl (C=O) groups is 1. The Hall–Kier alpha value is -3.86. The molecule has 0 N–H and O–H groups in total.